The highest BCUT2D eigenvalue weighted by atomic mass is 16.1. The van der Waals surface area contributed by atoms with E-state index in [9.17, 15) is 4.79 Å². The average molecular weight is 160 g/mol. The van der Waals surface area contributed by atoms with Crippen molar-refractivity contribution in [1.29, 1.82) is 0 Å². The molecule has 0 aliphatic carbocycles. The minimum Gasteiger partial charge on any atom is -0.360 e. The van der Waals surface area contributed by atoms with E-state index in [0.717, 1.165) is 10.9 Å². The van der Waals surface area contributed by atoms with E-state index in [-0.39, 0.29) is 5.78 Å². The summed E-state index contributed by atoms with van der Waals surface area (Å²) >= 11 is 0. The van der Waals surface area contributed by atoms with E-state index in [0.29, 0.717) is 5.69 Å². The lowest BCUT2D eigenvalue weighted by Gasteiger charge is -1.93. The third-order valence-electron chi connectivity index (χ3n) is 1.80. The molecule has 0 radical (unpaired) electrons. The summed E-state index contributed by atoms with van der Waals surface area (Å²) in [6.07, 6.45) is 3.50. The van der Waals surface area contributed by atoms with Crippen molar-refractivity contribution in [1.82, 2.24) is 9.97 Å². The van der Waals surface area contributed by atoms with E-state index in [2.05, 4.69) is 9.97 Å². The van der Waals surface area contributed by atoms with Crippen molar-refractivity contribution in [2.24, 2.45) is 0 Å². The molecule has 0 spiro atoms. The van der Waals surface area contributed by atoms with Crippen LogP contribution in [0.15, 0.2) is 24.5 Å². The summed E-state index contributed by atoms with van der Waals surface area (Å²) in [6.45, 7) is 1.51. The molecular formula is C9H8N2O. The van der Waals surface area contributed by atoms with Crippen LogP contribution in [0.1, 0.15) is 17.4 Å². The second-order valence-corrected chi connectivity index (χ2v) is 2.69. The lowest BCUT2D eigenvalue weighted by molar-refractivity contribution is 0.101. The summed E-state index contributed by atoms with van der Waals surface area (Å²) in [4.78, 5) is 17.9. The topological polar surface area (TPSA) is 45.8 Å². The molecule has 0 aliphatic rings. The summed E-state index contributed by atoms with van der Waals surface area (Å²) in [7, 11) is 0. The molecule has 2 aromatic rings. The maximum Gasteiger partial charge on any atom is 0.178 e. The number of hydrogen-bond donors (Lipinski definition) is 1. The molecule has 12 heavy (non-hydrogen) atoms. The molecule has 0 fully saturated rings. The van der Waals surface area contributed by atoms with E-state index < -0.39 is 0 Å². The number of fused-ring (bicyclic) bond motifs is 1. The third-order valence-corrected chi connectivity index (χ3v) is 1.80. The highest BCUT2D eigenvalue weighted by Crippen LogP contribution is 2.11. The van der Waals surface area contributed by atoms with Crippen molar-refractivity contribution >= 4 is 16.7 Å². The summed E-state index contributed by atoms with van der Waals surface area (Å²) in [5, 5.41) is 1.02. The quantitative estimate of drug-likeness (QED) is 0.646. The standard InChI is InChI=1S/C9H8N2O/c1-6(12)8-4-7-2-3-10-9(7)5-11-8/h2-5,10H,1H3. The van der Waals surface area contributed by atoms with Crippen molar-refractivity contribution in [2.75, 3.05) is 0 Å². The fourth-order valence-electron chi connectivity index (χ4n) is 1.14. The number of ketones is 1. The van der Waals surface area contributed by atoms with Crippen molar-refractivity contribution in [3.63, 3.8) is 0 Å². The predicted molar refractivity (Wildman–Crippen MR) is 46.1 cm³/mol. The zero-order chi connectivity index (χ0) is 8.55. The number of Topliss-reactive ketones (excluding diaryl/α,β-unsaturated/α-hetero) is 1. The van der Waals surface area contributed by atoms with E-state index in [1.54, 1.807) is 12.3 Å². The Morgan fingerprint density at radius 1 is 1.58 bits per heavy atom. The van der Waals surface area contributed by atoms with E-state index >= 15 is 0 Å². The number of rotatable bonds is 1. The van der Waals surface area contributed by atoms with Crippen LogP contribution < -0.4 is 0 Å². The average Bonchev–Trinajstić information content (AvgIpc) is 2.49. The Balaban J connectivity index is 2.68. The van der Waals surface area contributed by atoms with Crippen LogP contribution in [-0.4, -0.2) is 15.8 Å². The molecule has 2 heterocycles. The van der Waals surface area contributed by atoms with Gasteiger partial charge in [-0.05, 0) is 12.1 Å². The van der Waals surface area contributed by atoms with Gasteiger partial charge in [0.05, 0.1) is 11.7 Å². The van der Waals surface area contributed by atoms with E-state index in [4.69, 9.17) is 0 Å². The molecule has 0 saturated carbocycles. The Bertz CT molecular complexity index is 431. The van der Waals surface area contributed by atoms with Crippen molar-refractivity contribution < 1.29 is 4.79 Å². The van der Waals surface area contributed by atoms with Crippen LogP contribution in [0.5, 0.6) is 0 Å². The van der Waals surface area contributed by atoms with Crippen LogP contribution in [0.4, 0.5) is 0 Å². The van der Waals surface area contributed by atoms with Crippen LogP contribution in [0.3, 0.4) is 0 Å². The lowest BCUT2D eigenvalue weighted by atomic mass is 10.2. The van der Waals surface area contributed by atoms with E-state index in [1.807, 2.05) is 12.3 Å². The molecule has 0 aliphatic heterocycles. The molecular weight excluding hydrogens is 152 g/mol. The van der Waals surface area contributed by atoms with Gasteiger partial charge in [0.1, 0.15) is 5.69 Å². The Labute approximate surface area is 69.4 Å². The normalized spacial score (nSPS) is 10.4. The molecule has 3 heteroatoms. The number of hydrogen-bond acceptors (Lipinski definition) is 2. The second-order valence-electron chi connectivity index (χ2n) is 2.69. The van der Waals surface area contributed by atoms with Gasteiger partial charge < -0.3 is 4.98 Å². The molecule has 0 unspecified atom stereocenters. The third kappa shape index (κ3) is 0.993. The number of aromatic nitrogens is 2. The van der Waals surface area contributed by atoms with Crippen LogP contribution in [0.25, 0.3) is 10.9 Å². The highest BCUT2D eigenvalue weighted by Gasteiger charge is 2.01. The monoisotopic (exact) mass is 160 g/mol. The minimum absolute atomic E-state index is 0.00176. The van der Waals surface area contributed by atoms with Crippen LogP contribution >= 0.6 is 0 Å². The number of pyridine rings is 1. The zero-order valence-corrected chi connectivity index (χ0v) is 6.66. The van der Waals surface area contributed by atoms with Gasteiger partial charge in [-0.15, -0.1) is 0 Å². The molecule has 60 valence electrons. The number of carbonyl (C=O) groups is 1. The molecule has 2 aromatic heterocycles. The zero-order valence-electron chi connectivity index (χ0n) is 6.66. The van der Waals surface area contributed by atoms with Gasteiger partial charge >= 0.3 is 0 Å². The first-order valence-corrected chi connectivity index (χ1v) is 3.71. The second kappa shape index (κ2) is 2.44. The Morgan fingerprint density at radius 3 is 3.17 bits per heavy atom. The number of nitrogens with zero attached hydrogens (tertiary/aromatic N) is 1. The maximum absolute atomic E-state index is 10.9. The largest absolute Gasteiger partial charge is 0.360 e. The molecule has 3 nitrogen and oxygen atoms in total. The molecule has 0 saturated heterocycles. The number of nitrogens with one attached hydrogen (secondary N) is 1. The van der Waals surface area contributed by atoms with Gasteiger partial charge in [0, 0.05) is 18.5 Å². The first kappa shape index (κ1) is 7.03. The fraction of sp³-hybridized carbons (Fsp3) is 0.111. The molecule has 0 amide bonds. The van der Waals surface area contributed by atoms with Crippen molar-refractivity contribution in [2.45, 2.75) is 6.92 Å². The van der Waals surface area contributed by atoms with Gasteiger partial charge in [-0.1, -0.05) is 0 Å². The van der Waals surface area contributed by atoms with Gasteiger partial charge in [0.15, 0.2) is 5.78 Å². The first-order valence-electron chi connectivity index (χ1n) is 3.71. The molecule has 2 rings (SSSR count). The number of carbonyl (C=O) groups excluding carboxylic acids is 1. The maximum atomic E-state index is 10.9. The SMILES string of the molecule is CC(=O)c1cc2cc[nH]c2cn1. The van der Waals surface area contributed by atoms with Crippen LogP contribution in [0.2, 0.25) is 0 Å². The van der Waals surface area contributed by atoms with Gasteiger partial charge in [0.2, 0.25) is 0 Å². The van der Waals surface area contributed by atoms with Gasteiger partial charge in [-0.25, -0.2) is 0 Å². The van der Waals surface area contributed by atoms with Gasteiger partial charge in [-0.3, -0.25) is 9.78 Å². The molecule has 1 N–H and O–H groups in total. The Kier molecular flexibility index (Phi) is 1.43. The number of H-pyrrole nitrogens is 1. The summed E-state index contributed by atoms with van der Waals surface area (Å²) in [5.41, 5.74) is 1.47. The Hall–Kier alpha value is -1.64. The van der Waals surface area contributed by atoms with Crippen LogP contribution in [-0.2, 0) is 0 Å². The smallest absolute Gasteiger partial charge is 0.178 e. The summed E-state index contributed by atoms with van der Waals surface area (Å²) < 4.78 is 0. The van der Waals surface area contributed by atoms with Crippen LogP contribution in [0, 0.1) is 0 Å². The minimum atomic E-state index is -0.00176. The van der Waals surface area contributed by atoms with Gasteiger partial charge in [-0.2, -0.15) is 0 Å². The number of aromatic amines is 1. The summed E-state index contributed by atoms with van der Waals surface area (Å²) in [5.74, 6) is -0.00176. The van der Waals surface area contributed by atoms with Gasteiger partial charge in [0.25, 0.3) is 0 Å². The van der Waals surface area contributed by atoms with Crippen molar-refractivity contribution in [3.8, 4) is 0 Å². The lowest BCUT2D eigenvalue weighted by Crippen LogP contribution is -1.94. The summed E-state index contributed by atoms with van der Waals surface area (Å²) in [6, 6.07) is 3.71. The van der Waals surface area contributed by atoms with E-state index in [1.165, 1.54) is 6.92 Å². The fourth-order valence-corrected chi connectivity index (χ4v) is 1.14. The predicted octanol–water partition coefficient (Wildman–Crippen LogP) is 1.77. The molecule has 0 atom stereocenters. The molecule has 0 aromatic carbocycles. The first-order chi connectivity index (χ1) is 5.77. The Morgan fingerprint density at radius 2 is 2.42 bits per heavy atom. The molecule has 0 bridgehead atoms. The highest BCUT2D eigenvalue weighted by molar-refractivity contribution is 5.95. The van der Waals surface area contributed by atoms with Crippen molar-refractivity contribution in [3.05, 3.63) is 30.2 Å².